The first-order valence-corrected chi connectivity index (χ1v) is 5.22. The minimum atomic E-state index is 0.466. The van der Waals surface area contributed by atoms with Gasteiger partial charge in [-0.15, -0.1) is 5.10 Å². The predicted molar refractivity (Wildman–Crippen MR) is 53.9 cm³/mol. The van der Waals surface area contributed by atoms with Crippen molar-refractivity contribution in [3.8, 4) is 0 Å². The molecule has 0 aromatic carbocycles. The summed E-state index contributed by atoms with van der Waals surface area (Å²) in [7, 11) is 0. The van der Waals surface area contributed by atoms with Crippen molar-refractivity contribution in [3.63, 3.8) is 0 Å². The van der Waals surface area contributed by atoms with E-state index in [9.17, 15) is 0 Å². The Bertz CT molecular complexity index is 171. The van der Waals surface area contributed by atoms with E-state index in [-0.39, 0.29) is 0 Å². The van der Waals surface area contributed by atoms with E-state index in [0.717, 1.165) is 18.8 Å². The Morgan fingerprint density at radius 2 is 2.50 bits per heavy atom. The van der Waals surface area contributed by atoms with E-state index in [1.165, 1.54) is 6.42 Å². The van der Waals surface area contributed by atoms with E-state index in [4.69, 9.17) is 11.6 Å². The van der Waals surface area contributed by atoms with Crippen molar-refractivity contribution in [3.05, 3.63) is 0 Å². The van der Waals surface area contributed by atoms with Crippen LogP contribution in [0, 0.1) is 0 Å². The normalized spacial score (nSPS) is 25.9. The Kier molecular flexibility index (Phi) is 3.52. The van der Waals surface area contributed by atoms with Gasteiger partial charge >= 0.3 is 0 Å². The van der Waals surface area contributed by atoms with Crippen molar-refractivity contribution in [1.29, 1.82) is 0 Å². The van der Waals surface area contributed by atoms with Gasteiger partial charge in [-0.05, 0) is 6.42 Å². The Morgan fingerprint density at radius 1 is 1.75 bits per heavy atom. The van der Waals surface area contributed by atoms with Crippen LogP contribution in [0.1, 0.15) is 13.3 Å². The highest BCUT2D eigenvalue weighted by Crippen LogP contribution is 2.20. The molecule has 0 aliphatic carbocycles. The molecule has 0 aromatic heterocycles. The molecule has 0 spiro atoms. The molecule has 1 aliphatic heterocycles. The van der Waals surface area contributed by atoms with E-state index in [2.05, 4.69) is 12.0 Å². The smallest absolute Gasteiger partial charge is 0.213 e. The molecule has 1 atom stereocenters. The van der Waals surface area contributed by atoms with Gasteiger partial charge in [0.05, 0.1) is 0 Å². The van der Waals surface area contributed by atoms with Gasteiger partial charge in [0.15, 0.2) is 0 Å². The number of nitrogens with two attached hydrogens (primary N) is 2. The van der Waals surface area contributed by atoms with E-state index in [0.29, 0.717) is 11.2 Å². The third-order valence-corrected chi connectivity index (χ3v) is 3.42. The van der Waals surface area contributed by atoms with E-state index in [1.807, 2.05) is 16.7 Å². The highest BCUT2D eigenvalue weighted by molar-refractivity contribution is 8.00. The predicted octanol–water partition coefficient (Wildman–Crippen LogP) is 0.00220. The lowest BCUT2D eigenvalue weighted by molar-refractivity contribution is 0.418. The van der Waals surface area contributed by atoms with Crippen LogP contribution in [-0.2, 0) is 0 Å². The minimum absolute atomic E-state index is 0.466. The van der Waals surface area contributed by atoms with Gasteiger partial charge in [-0.1, -0.05) is 6.92 Å². The molecule has 0 radical (unpaired) electrons. The summed E-state index contributed by atoms with van der Waals surface area (Å²) in [5.74, 6) is 6.69. The quantitative estimate of drug-likeness (QED) is 0.263. The van der Waals surface area contributed by atoms with Crippen LogP contribution < -0.4 is 11.6 Å². The van der Waals surface area contributed by atoms with Gasteiger partial charge in [0.25, 0.3) is 0 Å². The molecule has 1 rings (SSSR count). The van der Waals surface area contributed by atoms with Crippen LogP contribution >= 0.6 is 11.8 Å². The van der Waals surface area contributed by atoms with Gasteiger partial charge in [-0.3, -0.25) is 0 Å². The lowest BCUT2D eigenvalue weighted by Gasteiger charge is -2.32. The molecule has 0 saturated carbocycles. The average Bonchev–Trinajstić information content (AvgIpc) is 2.17. The van der Waals surface area contributed by atoms with Gasteiger partial charge in [0, 0.05) is 24.1 Å². The summed E-state index contributed by atoms with van der Waals surface area (Å²) >= 11 is 2.00. The highest BCUT2D eigenvalue weighted by Gasteiger charge is 2.19. The lowest BCUT2D eigenvalue weighted by Crippen LogP contribution is -2.46. The zero-order chi connectivity index (χ0) is 8.97. The third kappa shape index (κ3) is 2.20. The molecule has 1 saturated heterocycles. The molecule has 1 aliphatic rings. The maximum absolute atomic E-state index is 5.61. The molecule has 0 amide bonds. The van der Waals surface area contributed by atoms with Gasteiger partial charge in [-0.2, -0.15) is 11.8 Å². The number of hydrogen-bond acceptors (Lipinski definition) is 3. The zero-order valence-electron chi connectivity index (χ0n) is 7.36. The van der Waals surface area contributed by atoms with E-state index < -0.39 is 0 Å². The first-order valence-electron chi connectivity index (χ1n) is 4.17. The Morgan fingerprint density at radius 3 is 3.08 bits per heavy atom. The molecule has 12 heavy (non-hydrogen) atoms. The molecule has 4 N–H and O–H groups in total. The third-order valence-electron chi connectivity index (χ3n) is 2.05. The van der Waals surface area contributed by atoms with Crippen molar-refractivity contribution in [2.24, 2.45) is 16.7 Å². The molecule has 5 heteroatoms. The highest BCUT2D eigenvalue weighted by atomic mass is 32.2. The summed E-state index contributed by atoms with van der Waals surface area (Å²) in [6.45, 7) is 4.14. The van der Waals surface area contributed by atoms with Crippen molar-refractivity contribution in [2.45, 2.75) is 18.6 Å². The van der Waals surface area contributed by atoms with Crippen LogP contribution in [0.15, 0.2) is 5.10 Å². The van der Waals surface area contributed by atoms with E-state index >= 15 is 0 Å². The van der Waals surface area contributed by atoms with Crippen LogP contribution in [0.5, 0.6) is 0 Å². The average molecular weight is 188 g/mol. The number of hydrogen-bond donors (Lipinski definition) is 2. The van der Waals surface area contributed by atoms with Crippen LogP contribution in [0.2, 0.25) is 0 Å². The minimum Gasteiger partial charge on any atom is -0.368 e. The fourth-order valence-corrected chi connectivity index (χ4v) is 2.44. The topological polar surface area (TPSA) is 67.6 Å². The largest absolute Gasteiger partial charge is 0.368 e. The first-order chi connectivity index (χ1) is 5.77. The van der Waals surface area contributed by atoms with Crippen molar-refractivity contribution >= 4 is 17.7 Å². The number of hydrazone groups is 1. The monoisotopic (exact) mass is 188 g/mol. The Balaban J connectivity index is 2.45. The van der Waals surface area contributed by atoms with Crippen LogP contribution in [-0.4, -0.2) is 35.0 Å². The molecule has 70 valence electrons. The molecule has 4 nitrogen and oxygen atoms in total. The lowest BCUT2D eigenvalue weighted by atomic mass is 10.3. The van der Waals surface area contributed by atoms with Crippen molar-refractivity contribution < 1.29 is 0 Å². The first kappa shape index (κ1) is 9.51. The number of guanidine groups is 1. The van der Waals surface area contributed by atoms with Crippen LogP contribution in [0.4, 0.5) is 0 Å². The maximum atomic E-state index is 5.61. The molecule has 0 bridgehead atoms. The van der Waals surface area contributed by atoms with E-state index in [1.54, 1.807) is 0 Å². The molecule has 0 aromatic rings. The Hall–Kier alpha value is -0.580. The van der Waals surface area contributed by atoms with Crippen LogP contribution in [0.25, 0.3) is 0 Å². The van der Waals surface area contributed by atoms with Gasteiger partial charge < -0.3 is 16.5 Å². The second-order valence-corrected chi connectivity index (χ2v) is 4.24. The number of thioether (sulfide) groups is 1. The molecule has 1 heterocycles. The second-order valence-electron chi connectivity index (χ2n) is 2.83. The van der Waals surface area contributed by atoms with Crippen LogP contribution in [0.3, 0.4) is 0 Å². The standard InChI is InChI=1S/C7H16N4S/c1-2-6-5-11(3-4-12-6)7(8)10-9/h6H,2-5,9H2,1H3,(H2,8,10). The molecule has 1 fully saturated rings. The summed E-state index contributed by atoms with van der Waals surface area (Å²) < 4.78 is 0. The fourth-order valence-electron chi connectivity index (χ4n) is 1.26. The van der Waals surface area contributed by atoms with Gasteiger partial charge in [-0.25, -0.2) is 0 Å². The SMILES string of the molecule is CCC1CN(C(N)=NN)CCS1. The number of rotatable bonds is 1. The van der Waals surface area contributed by atoms with Gasteiger partial charge in [0.1, 0.15) is 0 Å². The summed E-state index contributed by atoms with van der Waals surface area (Å²) in [4.78, 5) is 2.05. The zero-order valence-corrected chi connectivity index (χ0v) is 8.18. The van der Waals surface area contributed by atoms with Crippen molar-refractivity contribution in [1.82, 2.24) is 4.90 Å². The number of nitrogens with zero attached hydrogens (tertiary/aromatic N) is 2. The second kappa shape index (κ2) is 4.45. The summed E-state index contributed by atoms with van der Waals surface area (Å²) in [6, 6.07) is 0. The summed E-state index contributed by atoms with van der Waals surface area (Å²) in [5.41, 5.74) is 5.61. The molecular formula is C7H16N4S. The summed E-state index contributed by atoms with van der Waals surface area (Å²) in [5, 5.41) is 4.17. The molecular weight excluding hydrogens is 172 g/mol. The fraction of sp³-hybridized carbons (Fsp3) is 0.857. The van der Waals surface area contributed by atoms with Crippen molar-refractivity contribution in [2.75, 3.05) is 18.8 Å². The van der Waals surface area contributed by atoms with Gasteiger partial charge in [0.2, 0.25) is 5.96 Å². The maximum Gasteiger partial charge on any atom is 0.213 e. The summed E-state index contributed by atoms with van der Waals surface area (Å²) in [6.07, 6.45) is 1.18. The molecule has 1 unspecified atom stereocenters. The Labute approximate surface area is 77.4 Å².